The van der Waals surface area contributed by atoms with Gasteiger partial charge in [0.25, 0.3) is 0 Å². The number of halogens is 2. The first-order valence-corrected chi connectivity index (χ1v) is 13.5. The van der Waals surface area contributed by atoms with Crippen LogP contribution < -0.4 is 14.9 Å². The van der Waals surface area contributed by atoms with Gasteiger partial charge in [-0.1, -0.05) is 23.2 Å². The minimum Gasteiger partial charge on any atom is -0.486 e. The summed E-state index contributed by atoms with van der Waals surface area (Å²) in [6, 6.07) is 18.1. The molecule has 214 valence electrons. The van der Waals surface area contributed by atoms with Crippen molar-refractivity contribution in [2.24, 2.45) is 5.10 Å². The summed E-state index contributed by atoms with van der Waals surface area (Å²) in [6.07, 6.45) is 1.10. The van der Waals surface area contributed by atoms with Gasteiger partial charge in [0.1, 0.15) is 18.1 Å². The van der Waals surface area contributed by atoms with Crippen LogP contribution in [0.5, 0.6) is 11.5 Å². The fourth-order valence-electron chi connectivity index (χ4n) is 3.94. The number of nitrogens with zero attached hydrogens (tertiary/aromatic N) is 2. The first-order chi connectivity index (χ1) is 19.6. The number of nitrogens with one attached hydrogen (secondary N) is 1. The topological polar surface area (TPSA) is 104 Å². The number of furan rings is 1. The minimum absolute atomic E-state index is 0.0720. The van der Waals surface area contributed by atoms with Gasteiger partial charge in [-0.25, -0.2) is 10.2 Å². The van der Waals surface area contributed by atoms with Crippen LogP contribution in [0.15, 0.2) is 70.2 Å². The van der Waals surface area contributed by atoms with Crippen molar-refractivity contribution in [2.45, 2.75) is 40.4 Å². The van der Waals surface area contributed by atoms with Crippen molar-refractivity contribution in [2.75, 3.05) is 6.61 Å². The Labute approximate surface area is 247 Å². The van der Waals surface area contributed by atoms with Crippen molar-refractivity contribution in [3.8, 4) is 17.2 Å². The van der Waals surface area contributed by atoms with E-state index in [0.29, 0.717) is 17.1 Å². The molecular formula is C30H29Cl2N3O6. The summed E-state index contributed by atoms with van der Waals surface area (Å²) >= 11 is 12.5. The van der Waals surface area contributed by atoms with Gasteiger partial charge in [-0.05, 0) is 93.9 Å². The molecule has 9 nitrogen and oxygen atoms in total. The third-order valence-corrected chi connectivity index (χ3v) is 6.30. The Kier molecular flexibility index (Phi) is 9.75. The largest absolute Gasteiger partial charge is 0.486 e. The number of carbonyl (C=O) groups excluding carboxylic acids is 2. The number of carbonyl (C=O) groups is 2. The average molecular weight is 598 g/mol. The molecule has 2 heterocycles. The Morgan fingerprint density at radius 1 is 0.976 bits per heavy atom. The summed E-state index contributed by atoms with van der Waals surface area (Å²) in [5.74, 6) is 0.278. The monoisotopic (exact) mass is 597 g/mol. The molecular weight excluding hydrogens is 569 g/mol. The van der Waals surface area contributed by atoms with E-state index >= 15 is 0 Å². The number of hydrogen-bond acceptors (Lipinski definition) is 7. The molecule has 0 fully saturated rings. The zero-order valence-electron chi connectivity index (χ0n) is 22.9. The second-order valence-corrected chi connectivity index (χ2v) is 10.2. The summed E-state index contributed by atoms with van der Waals surface area (Å²) < 4.78 is 24.0. The Bertz CT molecular complexity index is 1510. The van der Waals surface area contributed by atoms with Crippen LogP contribution in [-0.4, -0.2) is 35.4 Å². The van der Waals surface area contributed by atoms with E-state index in [1.165, 1.54) is 24.4 Å². The number of aromatic nitrogens is 1. The van der Waals surface area contributed by atoms with E-state index in [1.54, 1.807) is 19.9 Å². The van der Waals surface area contributed by atoms with Gasteiger partial charge in [0.05, 0.1) is 22.4 Å². The number of esters is 1. The highest BCUT2D eigenvalue weighted by molar-refractivity contribution is 6.37. The van der Waals surface area contributed by atoms with Crippen molar-refractivity contribution in [1.82, 2.24) is 9.99 Å². The van der Waals surface area contributed by atoms with Gasteiger partial charge in [-0.15, -0.1) is 0 Å². The van der Waals surface area contributed by atoms with Crippen molar-refractivity contribution in [3.05, 3.63) is 99.2 Å². The summed E-state index contributed by atoms with van der Waals surface area (Å²) in [5.41, 5.74) is 6.24. The van der Waals surface area contributed by atoms with Crippen molar-refractivity contribution in [1.29, 1.82) is 0 Å². The van der Waals surface area contributed by atoms with Crippen LogP contribution in [0.4, 0.5) is 0 Å². The Morgan fingerprint density at radius 2 is 1.63 bits per heavy atom. The van der Waals surface area contributed by atoms with E-state index in [1.807, 2.05) is 24.3 Å². The molecule has 0 atom stereocenters. The summed E-state index contributed by atoms with van der Waals surface area (Å²) in [5, 5.41) is 4.27. The second kappa shape index (κ2) is 13.4. The Morgan fingerprint density at radius 3 is 2.27 bits per heavy atom. The smallest absolute Gasteiger partial charge is 0.344 e. The van der Waals surface area contributed by atoms with Gasteiger partial charge in [0, 0.05) is 17.1 Å². The molecule has 1 amide bonds. The van der Waals surface area contributed by atoms with E-state index in [9.17, 15) is 9.59 Å². The van der Waals surface area contributed by atoms with Crippen LogP contribution in [0.1, 0.15) is 47.1 Å². The molecule has 0 unspecified atom stereocenters. The maximum Gasteiger partial charge on any atom is 0.344 e. The average Bonchev–Trinajstić information content (AvgIpc) is 3.53. The van der Waals surface area contributed by atoms with E-state index in [0.717, 1.165) is 17.1 Å². The number of rotatable bonds is 11. The fraction of sp³-hybridized carbons (Fsp3) is 0.233. The molecule has 11 heteroatoms. The van der Waals surface area contributed by atoms with Crippen molar-refractivity contribution in [3.63, 3.8) is 0 Å². The molecule has 0 saturated heterocycles. The highest BCUT2D eigenvalue weighted by Crippen LogP contribution is 2.34. The van der Waals surface area contributed by atoms with Crippen LogP contribution in [0.2, 0.25) is 10.0 Å². The van der Waals surface area contributed by atoms with Crippen molar-refractivity contribution >= 4 is 41.3 Å². The van der Waals surface area contributed by atoms with Gasteiger partial charge < -0.3 is 23.2 Å². The molecule has 0 radical (unpaired) electrons. The molecule has 2 aromatic heterocycles. The number of aryl methyl sites for hydroxylation is 2. The molecule has 0 aliphatic carbocycles. The quantitative estimate of drug-likeness (QED) is 0.118. The third-order valence-electron chi connectivity index (χ3n) is 5.73. The maximum absolute atomic E-state index is 12.5. The van der Waals surface area contributed by atoms with Crippen LogP contribution in [0.3, 0.4) is 0 Å². The minimum atomic E-state index is -0.546. The van der Waals surface area contributed by atoms with E-state index < -0.39 is 11.9 Å². The summed E-state index contributed by atoms with van der Waals surface area (Å²) in [7, 11) is 0. The predicted molar refractivity (Wildman–Crippen MR) is 157 cm³/mol. The lowest BCUT2D eigenvalue weighted by molar-refractivity contribution is -0.149. The van der Waals surface area contributed by atoms with E-state index in [4.69, 9.17) is 41.8 Å². The molecule has 0 bridgehead atoms. The van der Waals surface area contributed by atoms with Crippen molar-refractivity contribution < 1.29 is 28.2 Å². The summed E-state index contributed by atoms with van der Waals surface area (Å²) in [4.78, 5) is 24.2. The first kappa shape index (κ1) is 29.8. The molecule has 4 aromatic rings. The van der Waals surface area contributed by atoms with Crippen LogP contribution in [0, 0.1) is 13.8 Å². The molecule has 0 spiro atoms. The van der Waals surface area contributed by atoms with Crippen LogP contribution in [0.25, 0.3) is 5.69 Å². The normalized spacial score (nSPS) is 11.2. The van der Waals surface area contributed by atoms with Crippen LogP contribution in [-0.2, 0) is 16.1 Å². The number of hydrogen-bond donors (Lipinski definition) is 1. The zero-order valence-corrected chi connectivity index (χ0v) is 24.5. The molecule has 0 saturated carbocycles. The highest BCUT2D eigenvalue weighted by Gasteiger charge is 2.14. The number of hydrazone groups is 1. The SMILES string of the molecule is Cc1ccc(C)n1-c1ccc(OCc2ccc(C(=O)N/N=C/c3cc(Cl)c(OCC(=O)OC(C)C)c(Cl)c3)o2)cc1. The maximum atomic E-state index is 12.5. The first-order valence-electron chi connectivity index (χ1n) is 12.7. The van der Waals surface area contributed by atoms with Crippen LogP contribution >= 0.6 is 23.2 Å². The molecule has 41 heavy (non-hydrogen) atoms. The van der Waals surface area contributed by atoms with E-state index in [2.05, 4.69) is 41.1 Å². The van der Waals surface area contributed by atoms with Gasteiger partial charge in [0.2, 0.25) is 0 Å². The van der Waals surface area contributed by atoms with E-state index in [-0.39, 0.29) is 40.9 Å². The molecule has 4 rings (SSSR count). The Hall–Kier alpha value is -4.21. The lowest BCUT2D eigenvalue weighted by Crippen LogP contribution is -2.19. The summed E-state index contributed by atoms with van der Waals surface area (Å²) in [6.45, 7) is 7.40. The standard InChI is InChI=1S/C30H29Cl2N3O6/c1-18(2)40-28(36)17-39-29-25(31)13-21(14-26(29)32)15-33-34-30(37)27-12-11-24(41-27)16-38-23-9-7-22(8-10-23)35-19(3)5-6-20(35)4/h5-15,18H,16-17H2,1-4H3,(H,34,37)/b33-15+. The second-order valence-electron chi connectivity index (χ2n) is 9.34. The Balaban J connectivity index is 1.28. The molecule has 0 aliphatic rings. The lowest BCUT2D eigenvalue weighted by Gasteiger charge is -2.12. The molecule has 1 N–H and O–H groups in total. The highest BCUT2D eigenvalue weighted by atomic mass is 35.5. The lowest BCUT2D eigenvalue weighted by atomic mass is 10.2. The number of benzene rings is 2. The van der Waals surface area contributed by atoms with Gasteiger partial charge in [-0.2, -0.15) is 5.10 Å². The fourth-order valence-corrected chi connectivity index (χ4v) is 4.55. The third kappa shape index (κ3) is 7.93. The molecule has 2 aromatic carbocycles. The molecule has 0 aliphatic heterocycles. The zero-order chi connectivity index (χ0) is 29.5. The van der Waals surface area contributed by atoms with Gasteiger partial charge in [0.15, 0.2) is 18.1 Å². The van der Waals surface area contributed by atoms with Gasteiger partial charge >= 0.3 is 11.9 Å². The number of ether oxygens (including phenoxy) is 3. The predicted octanol–water partition coefficient (Wildman–Crippen LogP) is 6.67. The number of amides is 1. The van der Waals surface area contributed by atoms with Gasteiger partial charge in [-0.3, -0.25) is 4.79 Å².